The summed E-state index contributed by atoms with van der Waals surface area (Å²) in [6.45, 7) is 13.1. The first-order valence-electron chi connectivity index (χ1n) is 40.1. The lowest BCUT2D eigenvalue weighted by molar-refractivity contribution is -0.121. The molecule has 9 atom stereocenters. The molecule has 6 aromatic carbocycles. The molecular weight excluding hydrogens is 1550 g/mol. The number of nitrogens with zero attached hydrogens (tertiary/aromatic N) is 11. The number of fused-ring (bicyclic) bond motifs is 5. The lowest BCUT2D eigenvalue weighted by atomic mass is 9.80. The molecule has 0 radical (unpaired) electrons. The van der Waals surface area contributed by atoms with Crippen LogP contribution in [0.4, 0.5) is 16.4 Å². The summed E-state index contributed by atoms with van der Waals surface area (Å²) in [4.78, 5) is 69.2. The van der Waals surface area contributed by atoms with Crippen LogP contribution >= 0.6 is 17.1 Å². The minimum absolute atomic E-state index is 0.00704. The number of nitriles is 1. The smallest absolute Gasteiger partial charge is 0.409 e. The van der Waals surface area contributed by atoms with E-state index in [1.165, 1.54) is 17.6 Å². The van der Waals surface area contributed by atoms with E-state index in [4.69, 9.17) is 72.4 Å². The van der Waals surface area contributed by atoms with Gasteiger partial charge in [-0.25, -0.2) is 39.4 Å². The molecule has 0 saturated carbocycles. The summed E-state index contributed by atoms with van der Waals surface area (Å²) in [6, 6.07) is 51.0. The van der Waals surface area contributed by atoms with E-state index in [9.17, 15) is 24.8 Å². The minimum Gasteiger partial charge on any atom is -0.497 e. The Hall–Kier alpha value is -10.5. The summed E-state index contributed by atoms with van der Waals surface area (Å²) >= 11 is 0. The number of terminal acetylenes is 1. The predicted molar refractivity (Wildman–Crippen MR) is 450 cm³/mol. The maximum absolute atomic E-state index is 13.8. The number of hydrogen-bond acceptors (Lipinski definition) is 24. The van der Waals surface area contributed by atoms with Crippen molar-refractivity contribution < 1.29 is 70.5 Å². The quantitative estimate of drug-likeness (QED) is 0.00909. The molecule has 624 valence electrons. The number of imidazole rings is 2. The van der Waals surface area contributed by atoms with Crippen molar-refractivity contribution in [3.05, 3.63) is 216 Å². The van der Waals surface area contributed by atoms with E-state index < -0.39 is 71.9 Å². The Morgan fingerprint density at radius 1 is 0.647 bits per heavy atom. The third-order valence-corrected chi connectivity index (χ3v) is 24.4. The first-order chi connectivity index (χ1) is 57.8. The van der Waals surface area contributed by atoms with Gasteiger partial charge in [0.05, 0.1) is 78.0 Å². The Kier molecular flexibility index (Phi) is 29.8. The van der Waals surface area contributed by atoms with Gasteiger partial charge in [0.2, 0.25) is 11.8 Å². The zero-order valence-electron chi connectivity index (χ0n) is 68.3. The Morgan fingerprint density at radius 3 is 1.80 bits per heavy atom. The molecular formula is C88H102N14O15P2. The number of nitrogens with one attached hydrogen (secondary N) is 3. The van der Waals surface area contributed by atoms with Gasteiger partial charge in [-0.15, -0.1) is 12.3 Å². The maximum Gasteiger partial charge on any atom is 0.409 e. The molecule has 2 fully saturated rings. The van der Waals surface area contributed by atoms with Crippen molar-refractivity contribution in [1.29, 1.82) is 5.26 Å². The molecule has 4 aromatic heterocycles. The second-order valence-corrected chi connectivity index (χ2v) is 32.7. The minimum atomic E-state index is -2.40. The zero-order chi connectivity index (χ0) is 83.5. The first-order valence-corrected chi connectivity index (χ1v) is 42.3. The van der Waals surface area contributed by atoms with E-state index >= 15 is 0 Å². The topological polar surface area (TPSA) is 327 Å². The van der Waals surface area contributed by atoms with Gasteiger partial charge in [0.25, 0.3) is 8.53 Å². The van der Waals surface area contributed by atoms with Gasteiger partial charge in [0, 0.05) is 75.8 Å². The molecule has 3 amide bonds. The van der Waals surface area contributed by atoms with Crippen molar-refractivity contribution in [2.24, 2.45) is 5.92 Å². The van der Waals surface area contributed by atoms with E-state index in [2.05, 4.69) is 113 Å². The molecule has 0 spiro atoms. The van der Waals surface area contributed by atoms with Gasteiger partial charge in [-0.1, -0.05) is 141 Å². The van der Waals surface area contributed by atoms with Crippen LogP contribution < -0.4 is 25.4 Å². The molecule has 2 saturated heterocycles. The normalized spacial score (nSPS) is 17.9. The molecule has 6 heterocycles. The Balaban J connectivity index is 0.762. The number of anilines is 2. The van der Waals surface area contributed by atoms with E-state index in [-0.39, 0.29) is 107 Å². The number of carbonyl (C=O) groups is 3. The number of methoxy groups -OCH3 is 2. The van der Waals surface area contributed by atoms with Crippen LogP contribution in [-0.4, -0.2) is 169 Å². The molecule has 119 heavy (non-hydrogen) atoms. The first kappa shape index (κ1) is 86.4. The van der Waals surface area contributed by atoms with Crippen LogP contribution in [0.1, 0.15) is 156 Å². The van der Waals surface area contributed by atoms with Gasteiger partial charge in [-0.05, 0) is 115 Å². The van der Waals surface area contributed by atoms with Crippen molar-refractivity contribution in [3.63, 3.8) is 0 Å². The lowest BCUT2D eigenvalue weighted by Crippen LogP contribution is -2.38. The van der Waals surface area contributed by atoms with Crippen LogP contribution in [0.25, 0.3) is 33.5 Å². The van der Waals surface area contributed by atoms with Gasteiger partial charge in [0.15, 0.2) is 40.2 Å². The number of aliphatic hydroxyl groups excluding tert-OH is 1. The lowest BCUT2D eigenvalue weighted by Gasteiger charge is -2.37. The van der Waals surface area contributed by atoms with Crippen molar-refractivity contribution in [2.45, 2.75) is 166 Å². The highest BCUT2D eigenvalue weighted by Gasteiger charge is 2.47. The average Bonchev–Trinajstić information content (AvgIpc) is 1.73. The fourth-order valence-corrected chi connectivity index (χ4v) is 17.9. The highest BCUT2D eigenvalue weighted by Crippen LogP contribution is 2.53. The van der Waals surface area contributed by atoms with Gasteiger partial charge in [0.1, 0.15) is 61.0 Å². The van der Waals surface area contributed by atoms with Crippen LogP contribution in [0.2, 0.25) is 0 Å². The predicted octanol–water partition coefficient (Wildman–Crippen LogP) is 15.4. The van der Waals surface area contributed by atoms with Crippen LogP contribution in [0.15, 0.2) is 177 Å². The molecule has 29 nitrogen and oxygen atoms in total. The highest BCUT2D eigenvalue weighted by molar-refractivity contribution is 7.44. The standard InChI is InChI=1S/C88H102N14O15P2/c1-11-12-45-111-118(102(58(4)5)59(6)7)116-72-47-78(100-55-95-80-82(91-53-93-84(80)100)97-77(104)28-20-44-99(8)87(106)109-50-71-69-26-18-16-24-67(69)68-25-17-19-27-70(68)71)115-75(72)52-113-119(112-46-21-43-89)117-73-48-79(101-56-96-81-83(92-54-94-85(81)101)98-86(105)61-32-30-60(31-33-61)49-90-76(103)42-29-57(2)3)114-74(73)51-110-88(62-22-14-13-15-23-62,63-34-38-65(107-9)39-35-63)64-36-40-66(108-10)41-37-64/h1,13-19,22-27,30-41,53-59,71-75,78-79,86,105H,12,20-21,28-29,42,44-52H2,2-10H3,(H,90,103)(H,92,94,98)(H,91,93,97,104). The van der Waals surface area contributed by atoms with Gasteiger partial charge < -0.3 is 77.0 Å². The zero-order valence-corrected chi connectivity index (χ0v) is 70.0. The SMILES string of the molecule is C#CCCOP(OC1CC(n2cnc3c(NC(=O)CCCN(C)C(=O)OCC4c5ccccc5-c5ccccc54)ncnc32)OC1COP(OCCC#N)OC1CC(n2cnc3c(NC(O)c4ccc(CNC(=O)CCC(C)C)cc4)ncnc32)OC1COC(c1ccccc1)(c1ccc(OC)cc1)c1ccc(OC)cc1)N(C(C)C)C(C)C. The maximum atomic E-state index is 13.8. The fraction of sp³-hybridized carbons (Fsp3) is 0.409. The number of rotatable bonds is 41. The number of aliphatic hydroxyl groups is 1. The van der Waals surface area contributed by atoms with Crippen molar-refractivity contribution in [3.8, 4) is 41.0 Å². The number of carbonyl (C=O) groups excluding carboxylic acids is 3. The summed E-state index contributed by atoms with van der Waals surface area (Å²) in [7, 11) is 0.674. The average molecular weight is 1660 g/mol. The molecule has 2 aliphatic heterocycles. The third kappa shape index (κ3) is 20.9. The van der Waals surface area contributed by atoms with Crippen molar-refractivity contribution in [2.75, 3.05) is 71.5 Å². The number of aromatic nitrogens is 8. The van der Waals surface area contributed by atoms with E-state index in [0.717, 1.165) is 50.9 Å². The van der Waals surface area contributed by atoms with Crippen LogP contribution in [-0.2, 0) is 63.3 Å². The van der Waals surface area contributed by atoms with Gasteiger partial charge in [-0.2, -0.15) is 5.26 Å². The third-order valence-electron chi connectivity index (χ3n) is 21.0. The van der Waals surface area contributed by atoms with Crippen LogP contribution in [0.3, 0.4) is 0 Å². The number of ether oxygens (including phenoxy) is 6. The van der Waals surface area contributed by atoms with Gasteiger partial charge >= 0.3 is 14.7 Å². The van der Waals surface area contributed by atoms with E-state index in [0.29, 0.717) is 71.1 Å². The van der Waals surface area contributed by atoms with Crippen LogP contribution in [0.5, 0.6) is 11.5 Å². The summed E-state index contributed by atoms with van der Waals surface area (Å²) in [5, 5.41) is 30.7. The van der Waals surface area contributed by atoms with E-state index in [1.54, 1.807) is 55.2 Å². The second kappa shape index (κ2) is 41.0. The van der Waals surface area contributed by atoms with Gasteiger partial charge in [-0.3, -0.25) is 18.7 Å². The molecule has 1 aliphatic carbocycles. The Morgan fingerprint density at radius 2 is 1.21 bits per heavy atom. The second-order valence-electron chi connectivity index (χ2n) is 30.2. The van der Waals surface area contributed by atoms with E-state index in [1.807, 2.05) is 115 Å². The van der Waals surface area contributed by atoms with Crippen LogP contribution in [0, 0.1) is 29.6 Å². The Bertz CT molecular complexity index is 5010. The molecule has 3 aliphatic rings. The number of hydrogen-bond donors (Lipinski definition) is 4. The number of benzene rings is 6. The fourth-order valence-electron chi connectivity index (χ4n) is 15.0. The monoisotopic (exact) mass is 1660 g/mol. The Labute approximate surface area is 695 Å². The summed E-state index contributed by atoms with van der Waals surface area (Å²) in [5.74, 6) is 4.35. The summed E-state index contributed by atoms with van der Waals surface area (Å²) < 4.78 is 79.1. The van der Waals surface area contributed by atoms with Crippen molar-refractivity contribution >= 4 is 69.0 Å². The molecule has 10 aromatic rings. The van der Waals surface area contributed by atoms with Crippen molar-refractivity contribution in [1.82, 2.24) is 53.9 Å². The molecule has 4 N–H and O–H groups in total. The largest absolute Gasteiger partial charge is 0.497 e. The summed E-state index contributed by atoms with van der Waals surface area (Å²) in [6.07, 6.45) is 7.34. The molecule has 0 bridgehead atoms. The molecule has 31 heteroatoms. The number of amides is 3. The summed E-state index contributed by atoms with van der Waals surface area (Å²) in [5.41, 5.74) is 8.34. The molecule has 9 unspecified atom stereocenters. The molecule has 13 rings (SSSR count). The highest BCUT2D eigenvalue weighted by atomic mass is 31.2.